The van der Waals surface area contributed by atoms with Gasteiger partial charge in [-0.25, -0.2) is 0 Å². The molecule has 314 valence electrons. The van der Waals surface area contributed by atoms with Crippen LogP contribution in [0.3, 0.4) is 0 Å². The van der Waals surface area contributed by atoms with Crippen LogP contribution in [0.5, 0.6) is 0 Å². The topological polar surface area (TPSA) is 21.3 Å². The fourth-order valence-corrected chi connectivity index (χ4v) is 10.1. The number of aromatic nitrogens is 1. The molecule has 0 atom stereocenters. The molecule has 3 nitrogen and oxygen atoms in total. The van der Waals surface area contributed by atoms with E-state index < -0.39 is 0 Å². The maximum absolute atomic E-state index is 6.19. The van der Waals surface area contributed by atoms with Crippen molar-refractivity contribution >= 4 is 71.6 Å². The lowest BCUT2D eigenvalue weighted by atomic mass is 9.97. The minimum atomic E-state index is 0.910. The molecule has 0 aliphatic heterocycles. The Morgan fingerprint density at radius 3 is 1.31 bits per heavy atom. The minimum absolute atomic E-state index is 0.910. The molecule has 11 aromatic carbocycles. The van der Waals surface area contributed by atoms with Gasteiger partial charge in [-0.15, -0.1) is 0 Å². The molecule has 0 N–H and O–H groups in total. The summed E-state index contributed by atoms with van der Waals surface area (Å²) in [6.07, 6.45) is 0. The Kier molecular flexibility index (Phi) is 9.17. The lowest BCUT2D eigenvalue weighted by Crippen LogP contribution is -2.09. The van der Waals surface area contributed by atoms with Crippen molar-refractivity contribution in [1.82, 2.24) is 4.57 Å². The number of fused-ring (bicyclic) bond motifs is 7. The van der Waals surface area contributed by atoms with Gasteiger partial charge in [0.05, 0.1) is 11.0 Å². The molecule has 13 rings (SSSR count). The molecule has 0 aliphatic rings. The third-order valence-corrected chi connectivity index (χ3v) is 13.4. The van der Waals surface area contributed by atoms with Crippen LogP contribution in [0.1, 0.15) is 0 Å². The Balaban J connectivity index is 0.779. The summed E-state index contributed by atoms with van der Waals surface area (Å²) >= 11 is 0. The number of anilines is 3. The van der Waals surface area contributed by atoms with Crippen molar-refractivity contribution in [1.29, 1.82) is 0 Å². The maximum atomic E-state index is 6.19. The third kappa shape index (κ3) is 6.76. The molecule has 0 fully saturated rings. The van der Waals surface area contributed by atoms with E-state index in [2.05, 4.69) is 252 Å². The van der Waals surface area contributed by atoms with Crippen molar-refractivity contribution in [2.45, 2.75) is 0 Å². The standard InChI is InChI=1S/C64H42N2O/c1-2-11-51-42-55(41-34-43(51)10-1)65(53-37-30-48(31-38-53)46-24-26-50(27-25-46)56-15-9-19-63-64(56)59-14-5-8-18-62(59)67-63)52-35-28-47(29-36-52)44-20-22-45(23-21-44)49-32-39-54(40-33-49)66-60-16-6-3-12-57(60)58-13-4-7-17-61(58)66/h1-42H. The summed E-state index contributed by atoms with van der Waals surface area (Å²) in [4.78, 5) is 2.35. The molecular formula is C64H42N2O. The average Bonchev–Trinajstić information content (AvgIpc) is 3.96. The molecule has 0 radical (unpaired) electrons. The molecular weight excluding hydrogens is 813 g/mol. The van der Waals surface area contributed by atoms with Crippen molar-refractivity contribution in [3.05, 3.63) is 255 Å². The van der Waals surface area contributed by atoms with Crippen molar-refractivity contribution in [3.8, 4) is 50.2 Å². The molecule has 13 aromatic rings. The SMILES string of the molecule is c1ccc2cc(N(c3ccc(-c4ccc(-c5ccc(-n6c7ccccc7c7ccccc76)cc5)cc4)cc3)c3ccc(-c4ccc(-c5cccc6oc7ccccc7c56)cc4)cc3)ccc2c1. The molecule has 0 saturated heterocycles. The van der Waals surface area contributed by atoms with Gasteiger partial charge in [0, 0.05) is 44.3 Å². The van der Waals surface area contributed by atoms with Gasteiger partial charge in [-0.3, -0.25) is 0 Å². The summed E-state index contributed by atoms with van der Waals surface area (Å²) in [6.45, 7) is 0. The highest BCUT2D eigenvalue weighted by molar-refractivity contribution is 6.12. The number of para-hydroxylation sites is 3. The van der Waals surface area contributed by atoms with E-state index in [1.165, 1.54) is 77.1 Å². The lowest BCUT2D eigenvalue weighted by Gasteiger charge is -2.26. The highest BCUT2D eigenvalue weighted by Gasteiger charge is 2.16. The number of furan rings is 1. The van der Waals surface area contributed by atoms with Gasteiger partial charge in [0.25, 0.3) is 0 Å². The first-order chi connectivity index (χ1) is 33.2. The molecule has 0 spiro atoms. The molecule has 0 saturated carbocycles. The summed E-state index contributed by atoms with van der Waals surface area (Å²) in [5, 5.41) is 7.27. The minimum Gasteiger partial charge on any atom is -0.456 e. The van der Waals surface area contributed by atoms with Crippen LogP contribution in [0.4, 0.5) is 17.1 Å². The largest absolute Gasteiger partial charge is 0.456 e. The van der Waals surface area contributed by atoms with Gasteiger partial charge in [-0.2, -0.15) is 0 Å². The molecule has 0 aliphatic carbocycles. The zero-order valence-corrected chi connectivity index (χ0v) is 36.6. The van der Waals surface area contributed by atoms with Crippen molar-refractivity contribution < 1.29 is 4.42 Å². The summed E-state index contributed by atoms with van der Waals surface area (Å²) in [7, 11) is 0. The molecule has 2 heterocycles. The van der Waals surface area contributed by atoms with E-state index in [0.29, 0.717) is 0 Å². The zero-order chi connectivity index (χ0) is 44.3. The van der Waals surface area contributed by atoms with E-state index in [9.17, 15) is 0 Å². The van der Waals surface area contributed by atoms with Gasteiger partial charge in [-0.1, -0.05) is 182 Å². The summed E-state index contributed by atoms with van der Waals surface area (Å²) in [5.41, 5.74) is 18.1. The third-order valence-electron chi connectivity index (χ3n) is 13.4. The molecule has 0 unspecified atom stereocenters. The van der Waals surface area contributed by atoms with Crippen LogP contribution in [0.15, 0.2) is 259 Å². The first-order valence-electron chi connectivity index (χ1n) is 22.9. The Morgan fingerprint density at radius 1 is 0.299 bits per heavy atom. The summed E-state index contributed by atoms with van der Waals surface area (Å²) in [6, 6.07) is 91.9. The first-order valence-corrected chi connectivity index (χ1v) is 22.9. The smallest absolute Gasteiger partial charge is 0.136 e. The van der Waals surface area contributed by atoms with Gasteiger partial charge in [0.2, 0.25) is 0 Å². The highest BCUT2D eigenvalue weighted by Crippen LogP contribution is 2.40. The van der Waals surface area contributed by atoms with E-state index in [1.807, 2.05) is 12.1 Å². The second-order valence-electron chi connectivity index (χ2n) is 17.3. The second-order valence-corrected chi connectivity index (χ2v) is 17.3. The van der Waals surface area contributed by atoms with E-state index in [4.69, 9.17) is 4.42 Å². The van der Waals surface area contributed by atoms with Crippen LogP contribution < -0.4 is 4.90 Å². The Morgan fingerprint density at radius 2 is 0.731 bits per heavy atom. The first kappa shape index (κ1) is 38.5. The number of benzene rings is 11. The quantitative estimate of drug-likeness (QED) is 0.152. The maximum Gasteiger partial charge on any atom is 0.136 e. The van der Waals surface area contributed by atoms with E-state index in [1.54, 1.807) is 0 Å². The Hall–Kier alpha value is -8.92. The van der Waals surface area contributed by atoms with Crippen LogP contribution >= 0.6 is 0 Å². The number of hydrogen-bond donors (Lipinski definition) is 0. The van der Waals surface area contributed by atoms with Gasteiger partial charge >= 0.3 is 0 Å². The van der Waals surface area contributed by atoms with Gasteiger partial charge in [0.1, 0.15) is 11.2 Å². The van der Waals surface area contributed by atoms with Crippen molar-refractivity contribution in [2.75, 3.05) is 4.90 Å². The molecule has 67 heavy (non-hydrogen) atoms. The predicted molar refractivity (Wildman–Crippen MR) is 282 cm³/mol. The number of rotatable bonds is 8. The number of nitrogens with zero attached hydrogens (tertiary/aromatic N) is 2. The van der Waals surface area contributed by atoms with E-state index in [-0.39, 0.29) is 0 Å². The molecule has 0 bridgehead atoms. The van der Waals surface area contributed by atoms with Gasteiger partial charge < -0.3 is 13.9 Å². The highest BCUT2D eigenvalue weighted by atomic mass is 16.3. The van der Waals surface area contributed by atoms with E-state index in [0.717, 1.165) is 44.7 Å². The van der Waals surface area contributed by atoms with Crippen LogP contribution in [0, 0.1) is 0 Å². The normalized spacial score (nSPS) is 11.6. The van der Waals surface area contributed by atoms with Crippen LogP contribution in [-0.4, -0.2) is 4.57 Å². The van der Waals surface area contributed by atoms with Crippen LogP contribution in [0.2, 0.25) is 0 Å². The van der Waals surface area contributed by atoms with Gasteiger partial charge in [-0.05, 0) is 128 Å². The van der Waals surface area contributed by atoms with Crippen molar-refractivity contribution in [2.24, 2.45) is 0 Å². The molecule has 2 aromatic heterocycles. The van der Waals surface area contributed by atoms with Crippen LogP contribution in [0.25, 0.3) is 105 Å². The Bertz CT molecular complexity index is 3880. The fraction of sp³-hybridized carbons (Fsp3) is 0. The predicted octanol–water partition coefficient (Wildman–Crippen LogP) is 18.0. The average molecular weight is 855 g/mol. The Labute approximate surface area is 388 Å². The summed E-state index contributed by atoms with van der Waals surface area (Å²) < 4.78 is 8.55. The number of hydrogen-bond acceptors (Lipinski definition) is 2. The fourth-order valence-electron chi connectivity index (χ4n) is 10.1. The van der Waals surface area contributed by atoms with Crippen LogP contribution in [-0.2, 0) is 0 Å². The zero-order valence-electron chi connectivity index (χ0n) is 36.6. The van der Waals surface area contributed by atoms with E-state index >= 15 is 0 Å². The van der Waals surface area contributed by atoms with Gasteiger partial charge in [0.15, 0.2) is 0 Å². The second kappa shape index (κ2) is 16.0. The molecule has 3 heteroatoms. The molecule has 0 amide bonds. The lowest BCUT2D eigenvalue weighted by molar-refractivity contribution is 0.669. The summed E-state index contributed by atoms with van der Waals surface area (Å²) in [5.74, 6) is 0. The monoisotopic (exact) mass is 854 g/mol. The van der Waals surface area contributed by atoms with Crippen molar-refractivity contribution in [3.63, 3.8) is 0 Å².